The molecular weight excluding hydrogens is 428 g/mol. The summed E-state index contributed by atoms with van der Waals surface area (Å²) in [5.41, 5.74) is 4.38. The van der Waals surface area contributed by atoms with Gasteiger partial charge in [0, 0.05) is 43.0 Å². The van der Waals surface area contributed by atoms with Crippen LogP contribution >= 0.6 is 0 Å². The van der Waals surface area contributed by atoms with Gasteiger partial charge in [-0.3, -0.25) is 9.63 Å². The van der Waals surface area contributed by atoms with Crippen LogP contribution in [0.5, 0.6) is 17.2 Å². The van der Waals surface area contributed by atoms with E-state index < -0.39 is 0 Å². The molecule has 3 unspecified atom stereocenters. The monoisotopic (exact) mass is 452 g/mol. The van der Waals surface area contributed by atoms with Crippen LogP contribution in [-0.2, 0) is 20.8 Å². The number of rotatable bonds is 5. The molecule has 2 fully saturated rings. The van der Waals surface area contributed by atoms with Crippen LogP contribution in [0.4, 0.5) is 10.6 Å². The molecule has 4 aliphatic rings. The van der Waals surface area contributed by atoms with Crippen LogP contribution in [0.15, 0.2) is 30.5 Å². The number of anilines is 1. The normalized spacial score (nSPS) is 25.1. The van der Waals surface area contributed by atoms with Gasteiger partial charge in [0.15, 0.2) is 0 Å². The van der Waals surface area contributed by atoms with E-state index in [9.17, 15) is 9.59 Å². The lowest BCUT2D eigenvalue weighted by atomic mass is 10.1. The second kappa shape index (κ2) is 8.20. The van der Waals surface area contributed by atoms with Gasteiger partial charge in [-0.2, -0.15) is 0 Å². The molecule has 172 valence electrons. The van der Waals surface area contributed by atoms with Gasteiger partial charge < -0.3 is 24.8 Å². The zero-order chi connectivity index (χ0) is 22.4. The number of amides is 3. The fourth-order valence-electron chi connectivity index (χ4n) is 4.65. The molecule has 0 spiro atoms. The van der Waals surface area contributed by atoms with Crippen molar-refractivity contribution in [1.82, 2.24) is 15.8 Å². The van der Waals surface area contributed by atoms with Crippen molar-refractivity contribution in [3.05, 3.63) is 41.6 Å². The van der Waals surface area contributed by atoms with Crippen molar-refractivity contribution in [2.75, 3.05) is 18.5 Å². The standard InChI is InChI=1S/C23H24N4O6/c28-18-4-2-14-17(5-8-24-22(14)26-18)31-13-1-3-16-15(11-13)19-20(32-16)21(19)33-27-23(29)25-12-6-9-30-10-7-12/h1,3,5,8,11-12,19-21H,2,4,6-7,9-10H2,(H,24,26,28)(H2,25,27,29). The lowest BCUT2D eigenvalue weighted by molar-refractivity contribution is -0.116. The maximum atomic E-state index is 12.1. The van der Waals surface area contributed by atoms with E-state index in [2.05, 4.69) is 21.1 Å². The highest BCUT2D eigenvalue weighted by Crippen LogP contribution is 2.55. The summed E-state index contributed by atoms with van der Waals surface area (Å²) in [5.74, 6) is 2.69. The number of hydroxylamine groups is 1. The number of hydrogen-bond acceptors (Lipinski definition) is 7. The number of carbonyl (C=O) groups is 2. The quantitative estimate of drug-likeness (QED) is 0.596. The van der Waals surface area contributed by atoms with E-state index in [1.54, 1.807) is 12.3 Å². The van der Waals surface area contributed by atoms with Gasteiger partial charge in [0.05, 0.1) is 5.92 Å². The minimum absolute atomic E-state index is 0.0392. The molecule has 1 aromatic heterocycles. The minimum Gasteiger partial charge on any atom is -0.487 e. The maximum absolute atomic E-state index is 12.1. The van der Waals surface area contributed by atoms with Gasteiger partial charge in [-0.15, -0.1) is 0 Å². The number of aromatic nitrogens is 1. The average molecular weight is 452 g/mol. The van der Waals surface area contributed by atoms with Crippen LogP contribution in [0.2, 0.25) is 0 Å². The molecule has 10 heteroatoms. The van der Waals surface area contributed by atoms with Crippen molar-refractivity contribution in [2.24, 2.45) is 0 Å². The molecule has 0 bridgehead atoms. The highest BCUT2D eigenvalue weighted by molar-refractivity contribution is 5.93. The highest BCUT2D eigenvalue weighted by atomic mass is 16.7. The number of pyridine rings is 1. The Kier molecular flexibility index (Phi) is 5.03. The Morgan fingerprint density at radius 3 is 2.94 bits per heavy atom. The highest BCUT2D eigenvalue weighted by Gasteiger charge is 2.61. The van der Waals surface area contributed by atoms with E-state index in [1.807, 2.05) is 18.2 Å². The molecule has 2 aromatic rings. The second-order valence-corrected chi connectivity index (χ2v) is 8.64. The van der Waals surface area contributed by atoms with E-state index in [4.69, 9.17) is 19.0 Å². The van der Waals surface area contributed by atoms with E-state index in [0.29, 0.717) is 43.4 Å². The second-order valence-electron chi connectivity index (χ2n) is 8.64. The van der Waals surface area contributed by atoms with Crippen LogP contribution in [-0.4, -0.2) is 48.4 Å². The van der Waals surface area contributed by atoms with Crippen molar-refractivity contribution in [3.63, 3.8) is 0 Å². The van der Waals surface area contributed by atoms with Gasteiger partial charge in [-0.1, -0.05) is 0 Å². The summed E-state index contributed by atoms with van der Waals surface area (Å²) in [7, 11) is 0. The number of urea groups is 1. The molecule has 0 radical (unpaired) electrons. The Balaban J connectivity index is 1.09. The van der Waals surface area contributed by atoms with Gasteiger partial charge in [0.1, 0.15) is 35.3 Å². The summed E-state index contributed by atoms with van der Waals surface area (Å²) in [6.45, 7) is 1.31. The molecule has 1 saturated heterocycles. The molecule has 1 saturated carbocycles. The number of hydrogen-bond donors (Lipinski definition) is 3. The van der Waals surface area contributed by atoms with Gasteiger partial charge >= 0.3 is 6.03 Å². The first-order chi connectivity index (χ1) is 16.2. The smallest absolute Gasteiger partial charge is 0.338 e. The third kappa shape index (κ3) is 3.96. The molecular formula is C23H24N4O6. The molecule has 1 aromatic carbocycles. The Labute approximate surface area is 189 Å². The molecule has 6 rings (SSSR count). The van der Waals surface area contributed by atoms with Crippen molar-refractivity contribution in [1.29, 1.82) is 0 Å². The number of nitrogens with one attached hydrogen (secondary N) is 3. The fraction of sp³-hybridized carbons (Fsp3) is 0.435. The summed E-state index contributed by atoms with van der Waals surface area (Å²) in [4.78, 5) is 33.6. The molecule has 33 heavy (non-hydrogen) atoms. The Morgan fingerprint density at radius 1 is 1.18 bits per heavy atom. The molecule has 3 N–H and O–H groups in total. The van der Waals surface area contributed by atoms with Gasteiger partial charge in [0.2, 0.25) is 5.91 Å². The number of benzene rings is 1. The average Bonchev–Trinajstić information content (AvgIpc) is 3.37. The lowest BCUT2D eigenvalue weighted by Crippen LogP contribution is -2.44. The number of carbonyl (C=O) groups excluding carboxylic acids is 2. The third-order valence-corrected chi connectivity index (χ3v) is 6.44. The molecule has 3 amide bonds. The molecule has 3 atom stereocenters. The summed E-state index contributed by atoms with van der Waals surface area (Å²) >= 11 is 0. The molecule has 3 aliphatic heterocycles. The predicted octanol–water partition coefficient (Wildman–Crippen LogP) is 2.40. The van der Waals surface area contributed by atoms with Crippen LogP contribution in [0, 0.1) is 0 Å². The Morgan fingerprint density at radius 2 is 2.06 bits per heavy atom. The van der Waals surface area contributed by atoms with Crippen molar-refractivity contribution in [2.45, 2.75) is 49.9 Å². The first-order valence-corrected chi connectivity index (χ1v) is 11.2. The van der Waals surface area contributed by atoms with E-state index in [1.165, 1.54) is 0 Å². The fourth-order valence-corrected chi connectivity index (χ4v) is 4.65. The van der Waals surface area contributed by atoms with Crippen molar-refractivity contribution < 1.29 is 28.6 Å². The summed E-state index contributed by atoms with van der Waals surface area (Å²) in [6.07, 6.45) is 3.85. The van der Waals surface area contributed by atoms with Gasteiger partial charge in [0.25, 0.3) is 0 Å². The summed E-state index contributed by atoms with van der Waals surface area (Å²) in [6, 6.07) is 7.23. The summed E-state index contributed by atoms with van der Waals surface area (Å²) < 4.78 is 17.4. The molecule has 1 aliphatic carbocycles. The summed E-state index contributed by atoms with van der Waals surface area (Å²) in [5, 5.41) is 5.69. The molecule has 10 nitrogen and oxygen atoms in total. The zero-order valence-corrected chi connectivity index (χ0v) is 17.8. The van der Waals surface area contributed by atoms with Gasteiger partial charge in [-0.05, 0) is 43.5 Å². The van der Waals surface area contributed by atoms with Crippen LogP contribution in [0.1, 0.15) is 36.3 Å². The maximum Gasteiger partial charge on any atom is 0.338 e. The van der Waals surface area contributed by atoms with Crippen molar-refractivity contribution >= 4 is 17.8 Å². The first-order valence-electron chi connectivity index (χ1n) is 11.2. The van der Waals surface area contributed by atoms with Crippen LogP contribution < -0.4 is 25.6 Å². The molecule has 4 heterocycles. The third-order valence-electron chi connectivity index (χ3n) is 6.44. The SMILES string of the molecule is O=C1CCc2c(Oc3ccc4c(c3)C3C(ONC(=O)NC5CCOCC5)C3O4)ccnc2N1. The topological polar surface area (TPSA) is 120 Å². The number of ether oxygens (including phenoxy) is 3. The van der Waals surface area contributed by atoms with Crippen molar-refractivity contribution in [3.8, 4) is 17.2 Å². The first kappa shape index (κ1) is 20.3. The van der Waals surface area contributed by atoms with Crippen LogP contribution in [0.3, 0.4) is 0 Å². The Hall–Kier alpha value is -3.37. The Bertz CT molecular complexity index is 1100. The van der Waals surface area contributed by atoms with Crippen LogP contribution in [0.25, 0.3) is 0 Å². The van der Waals surface area contributed by atoms with E-state index in [0.717, 1.165) is 29.7 Å². The lowest BCUT2D eigenvalue weighted by Gasteiger charge is -2.23. The number of fused-ring (bicyclic) bond motifs is 4. The minimum atomic E-state index is -0.348. The van der Waals surface area contributed by atoms with E-state index in [-0.39, 0.29) is 36.1 Å². The predicted molar refractivity (Wildman–Crippen MR) is 115 cm³/mol. The zero-order valence-electron chi connectivity index (χ0n) is 17.8. The largest absolute Gasteiger partial charge is 0.487 e. The van der Waals surface area contributed by atoms with E-state index >= 15 is 0 Å². The number of nitrogens with zero attached hydrogens (tertiary/aromatic N) is 1. The van der Waals surface area contributed by atoms with Gasteiger partial charge in [-0.25, -0.2) is 15.3 Å².